The van der Waals surface area contributed by atoms with Crippen molar-refractivity contribution < 1.29 is 13.2 Å². The molecule has 138 valence electrons. The van der Waals surface area contributed by atoms with Crippen LogP contribution in [-0.4, -0.2) is 45.0 Å². The molecule has 1 aliphatic heterocycles. The van der Waals surface area contributed by atoms with Gasteiger partial charge in [-0.2, -0.15) is 0 Å². The number of carbonyl (C=O) groups excluding carboxylic acids is 1. The molecular weight excluding hydrogens is 368 g/mol. The van der Waals surface area contributed by atoms with Gasteiger partial charge in [-0.3, -0.25) is 4.79 Å². The van der Waals surface area contributed by atoms with E-state index in [2.05, 4.69) is 0 Å². The Kier molecular flexibility index (Phi) is 5.70. The van der Waals surface area contributed by atoms with Crippen LogP contribution in [0.1, 0.15) is 12.0 Å². The number of amides is 1. The maximum atomic E-state index is 12.6. The van der Waals surface area contributed by atoms with Crippen molar-refractivity contribution in [3.63, 3.8) is 0 Å². The van der Waals surface area contributed by atoms with Crippen molar-refractivity contribution in [2.24, 2.45) is 0 Å². The number of carbonyl (C=O) groups is 1. The molecule has 0 saturated heterocycles. The second-order valence-corrected chi connectivity index (χ2v) is 9.60. The van der Waals surface area contributed by atoms with Gasteiger partial charge in [0.1, 0.15) is 0 Å². The van der Waals surface area contributed by atoms with E-state index in [1.807, 2.05) is 30.3 Å². The molecule has 2 aromatic rings. The van der Waals surface area contributed by atoms with Gasteiger partial charge in [-0.15, -0.1) is 11.8 Å². The molecule has 0 aliphatic carbocycles. The Morgan fingerprint density at radius 1 is 1.15 bits per heavy atom. The molecule has 3 rings (SSSR count). The molecule has 7 heteroatoms. The van der Waals surface area contributed by atoms with Crippen molar-refractivity contribution in [2.45, 2.75) is 22.6 Å². The summed E-state index contributed by atoms with van der Waals surface area (Å²) in [6, 6.07) is 15.0. The van der Waals surface area contributed by atoms with Gasteiger partial charge < -0.3 is 4.90 Å². The molecule has 26 heavy (non-hydrogen) atoms. The van der Waals surface area contributed by atoms with Crippen LogP contribution in [0.4, 0.5) is 5.69 Å². The minimum atomic E-state index is -3.45. The third-order valence-electron chi connectivity index (χ3n) is 4.35. The summed E-state index contributed by atoms with van der Waals surface area (Å²) in [5.41, 5.74) is 1.74. The van der Waals surface area contributed by atoms with E-state index in [0.29, 0.717) is 19.4 Å². The van der Waals surface area contributed by atoms with Crippen LogP contribution >= 0.6 is 11.8 Å². The summed E-state index contributed by atoms with van der Waals surface area (Å²) >= 11 is 1.67. The summed E-state index contributed by atoms with van der Waals surface area (Å²) in [4.78, 5) is 15.8. The van der Waals surface area contributed by atoms with Gasteiger partial charge in [0.05, 0.1) is 4.90 Å². The highest BCUT2D eigenvalue weighted by Gasteiger charge is 2.27. The summed E-state index contributed by atoms with van der Waals surface area (Å²) in [6.45, 7) is 0.607. The van der Waals surface area contributed by atoms with E-state index < -0.39 is 10.0 Å². The van der Waals surface area contributed by atoms with E-state index >= 15 is 0 Å². The number of hydrogen-bond acceptors (Lipinski definition) is 4. The average molecular weight is 391 g/mol. The van der Waals surface area contributed by atoms with Crippen molar-refractivity contribution in [3.05, 3.63) is 54.1 Å². The molecule has 0 N–H and O–H groups in total. The standard InChI is InChI=1S/C19H22N2O3S2/c1-20(2)26(23,24)17-8-9-18-15(14-17)10-12-21(18)19(22)11-13-25-16-6-4-3-5-7-16/h3-9,14H,10-13H2,1-2H3. The molecule has 0 spiro atoms. The topological polar surface area (TPSA) is 57.7 Å². The average Bonchev–Trinajstić information content (AvgIpc) is 3.05. The molecule has 0 unspecified atom stereocenters. The number of sulfonamides is 1. The molecule has 1 aliphatic rings. The fourth-order valence-corrected chi connectivity index (χ4v) is 4.73. The Bertz CT molecular complexity index is 896. The number of fused-ring (bicyclic) bond motifs is 1. The normalized spacial score (nSPS) is 13.9. The van der Waals surface area contributed by atoms with Gasteiger partial charge >= 0.3 is 0 Å². The molecular formula is C19H22N2O3S2. The Labute approximate surface area is 159 Å². The number of anilines is 1. The van der Waals surface area contributed by atoms with Crippen molar-refractivity contribution in [1.82, 2.24) is 4.31 Å². The number of rotatable bonds is 6. The van der Waals surface area contributed by atoms with Gasteiger partial charge in [-0.25, -0.2) is 12.7 Å². The monoisotopic (exact) mass is 390 g/mol. The fourth-order valence-electron chi connectivity index (χ4n) is 2.92. The number of hydrogen-bond donors (Lipinski definition) is 0. The van der Waals surface area contributed by atoms with Crippen LogP contribution in [0.15, 0.2) is 58.3 Å². The zero-order chi connectivity index (χ0) is 18.7. The highest BCUT2D eigenvalue weighted by atomic mass is 32.2. The zero-order valence-corrected chi connectivity index (χ0v) is 16.5. The molecule has 1 amide bonds. The van der Waals surface area contributed by atoms with Crippen LogP contribution in [0.5, 0.6) is 0 Å². The van der Waals surface area contributed by atoms with Crippen LogP contribution in [0.2, 0.25) is 0 Å². The molecule has 0 radical (unpaired) electrons. The minimum Gasteiger partial charge on any atom is -0.312 e. The van der Waals surface area contributed by atoms with Crippen LogP contribution in [-0.2, 0) is 21.2 Å². The van der Waals surface area contributed by atoms with E-state index in [0.717, 1.165) is 21.9 Å². The number of benzene rings is 2. The third kappa shape index (κ3) is 3.95. The fraction of sp³-hybridized carbons (Fsp3) is 0.316. The zero-order valence-electron chi connectivity index (χ0n) is 14.9. The van der Waals surface area contributed by atoms with Crippen LogP contribution in [0.3, 0.4) is 0 Å². The lowest BCUT2D eigenvalue weighted by Crippen LogP contribution is -2.29. The first-order valence-electron chi connectivity index (χ1n) is 8.43. The van der Waals surface area contributed by atoms with E-state index in [4.69, 9.17) is 0 Å². The summed E-state index contributed by atoms with van der Waals surface area (Å²) < 4.78 is 25.7. The van der Waals surface area contributed by atoms with Crippen molar-refractivity contribution in [2.75, 3.05) is 31.3 Å². The van der Waals surface area contributed by atoms with Gasteiger partial charge in [0.25, 0.3) is 0 Å². The van der Waals surface area contributed by atoms with Crippen LogP contribution in [0.25, 0.3) is 0 Å². The molecule has 1 heterocycles. The molecule has 0 atom stereocenters. The Balaban J connectivity index is 1.66. The summed E-state index contributed by atoms with van der Waals surface area (Å²) in [5.74, 6) is 0.803. The summed E-state index contributed by atoms with van der Waals surface area (Å²) in [6.07, 6.45) is 1.14. The highest BCUT2D eigenvalue weighted by molar-refractivity contribution is 7.99. The smallest absolute Gasteiger partial charge is 0.242 e. The Morgan fingerprint density at radius 3 is 2.58 bits per heavy atom. The Hall–Kier alpha value is -1.83. The molecule has 0 aromatic heterocycles. The van der Waals surface area contributed by atoms with Gasteiger partial charge in [0.15, 0.2) is 0 Å². The predicted octanol–water partition coefficient (Wildman–Crippen LogP) is 3.01. The van der Waals surface area contributed by atoms with E-state index in [9.17, 15) is 13.2 Å². The van der Waals surface area contributed by atoms with Crippen molar-refractivity contribution in [3.8, 4) is 0 Å². The second kappa shape index (κ2) is 7.82. The van der Waals surface area contributed by atoms with E-state index in [-0.39, 0.29) is 10.8 Å². The Morgan fingerprint density at radius 2 is 1.88 bits per heavy atom. The first-order chi connectivity index (χ1) is 12.4. The molecule has 0 fully saturated rings. The first-order valence-corrected chi connectivity index (χ1v) is 10.9. The molecule has 5 nitrogen and oxygen atoms in total. The maximum absolute atomic E-state index is 12.6. The van der Waals surface area contributed by atoms with Crippen LogP contribution in [0, 0.1) is 0 Å². The lowest BCUT2D eigenvalue weighted by atomic mass is 10.2. The minimum absolute atomic E-state index is 0.0791. The van der Waals surface area contributed by atoms with E-state index in [1.165, 1.54) is 18.4 Å². The van der Waals surface area contributed by atoms with Crippen molar-refractivity contribution >= 4 is 33.4 Å². The number of thioether (sulfide) groups is 1. The lowest BCUT2D eigenvalue weighted by Gasteiger charge is -2.18. The van der Waals surface area contributed by atoms with Gasteiger partial charge in [0.2, 0.25) is 15.9 Å². The SMILES string of the molecule is CN(C)S(=O)(=O)c1ccc2c(c1)CCN2C(=O)CCSc1ccccc1. The molecule has 0 bridgehead atoms. The summed E-state index contributed by atoms with van der Waals surface area (Å²) in [7, 11) is -0.421. The molecule has 2 aromatic carbocycles. The van der Waals surface area contributed by atoms with Crippen LogP contribution < -0.4 is 4.90 Å². The number of nitrogens with zero attached hydrogens (tertiary/aromatic N) is 2. The first kappa shape index (κ1) is 18.9. The van der Waals surface area contributed by atoms with Gasteiger partial charge in [-0.05, 0) is 42.3 Å². The van der Waals surface area contributed by atoms with Gasteiger partial charge in [0, 0.05) is 43.4 Å². The lowest BCUT2D eigenvalue weighted by molar-refractivity contribution is -0.118. The quantitative estimate of drug-likeness (QED) is 0.712. The second-order valence-electron chi connectivity index (χ2n) is 6.28. The molecule has 0 saturated carbocycles. The third-order valence-corrected chi connectivity index (χ3v) is 7.18. The largest absolute Gasteiger partial charge is 0.312 e. The summed E-state index contributed by atoms with van der Waals surface area (Å²) in [5, 5.41) is 0. The van der Waals surface area contributed by atoms with Crippen molar-refractivity contribution in [1.29, 1.82) is 0 Å². The highest BCUT2D eigenvalue weighted by Crippen LogP contribution is 2.31. The maximum Gasteiger partial charge on any atom is 0.242 e. The van der Waals surface area contributed by atoms with E-state index in [1.54, 1.807) is 34.9 Å². The predicted molar refractivity (Wildman–Crippen MR) is 105 cm³/mol. The van der Waals surface area contributed by atoms with Gasteiger partial charge in [-0.1, -0.05) is 18.2 Å².